The number of anilines is 1. The van der Waals surface area contributed by atoms with E-state index in [2.05, 4.69) is 10.3 Å². The molecule has 0 aliphatic carbocycles. The van der Waals surface area contributed by atoms with Crippen LogP contribution < -0.4 is 5.32 Å². The highest BCUT2D eigenvalue weighted by atomic mass is 16.5. The molecule has 2 aliphatic rings. The molecule has 0 atom stereocenters. The molecule has 0 fully saturated rings. The molecule has 0 saturated heterocycles. The van der Waals surface area contributed by atoms with Crippen LogP contribution in [0.5, 0.6) is 0 Å². The Labute approximate surface area is 185 Å². The molecule has 1 N–H and O–H groups in total. The van der Waals surface area contributed by atoms with Crippen molar-refractivity contribution in [3.8, 4) is 5.69 Å². The number of nitrogens with one attached hydrogen (secondary N) is 1. The highest BCUT2D eigenvalue weighted by Gasteiger charge is 2.31. The van der Waals surface area contributed by atoms with Crippen molar-refractivity contribution >= 4 is 23.6 Å². The second kappa shape index (κ2) is 8.43. The Bertz CT molecular complexity index is 1180. The lowest BCUT2D eigenvalue weighted by molar-refractivity contribution is -0.114. The fourth-order valence-corrected chi connectivity index (χ4v) is 3.58. The summed E-state index contributed by atoms with van der Waals surface area (Å²) >= 11 is 0. The molecule has 0 unspecified atom stereocenters. The smallest absolute Gasteiger partial charge is 0.348 e. The molecule has 160 valence electrons. The van der Waals surface area contributed by atoms with E-state index in [4.69, 9.17) is 4.74 Å². The summed E-state index contributed by atoms with van der Waals surface area (Å²) in [5.41, 5.74) is 2.66. The molecule has 3 aromatic rings. The van der Waals surface area contributed by atoms with Gasteiger partial charge in [0, 0.05) is 43.4 Å². The van der Waals surface area contributed by atoms with Crippen LogP contribution in [0.25, 0.3) is 5.69 Å². The van der Waals surface area contributed by atoms with Crippen molar-refractivity contribution in [2.45, 2.75) is 6.54 Å². The Hall–Kier alpha value is -4.33. The van der Waals surface area contributed by atoms with Gasteiger partial charge >= 0.3 is 12.1 Å². The number of amidine groups is 1. The molecule has 8 nitrogen and oxygen atoms in total. The van der Waals surface area contributed by atoms with E-state index in [9.17, 15) is 9.59 Å². The number of benzene rings is 2. The second-order valence-electron chi connectivity index (χ2n) is 7.46. The number of hydrogen-bond acceptors (Lipinski definition) is 4. The largest absolute Gasteiger partial charge is 0.418 e. The normalized spacial score (nSPS) is 15.4. The zero-order chi connectivity index (χ0) is 21.9. The summed E-state index contributed by atoms with van der Waals surface area (Å²) in [6.45, 7) is 1.43. The lowest BCUT2D eigenvalue weighted by atomic mass is 10.2. The molecule has 5 rings (SSSR count). The average Bonchev–Trinajstić information content (AvgIpc) is 3.46. The van der Waals surface area contributed by atoms with Crippen LogP contribution in [0.1, 0.15) is 5.56 Å². The maximum atomic E-state index is 12.7. The number of nitrogens with zero attached hydrogens (tertiary/aromatic N) is 4. The lowest BCUT2D eigenvalue weighted by Crippen LogP contribution is -2.31. The number of amides is 3. The van der Waals surface area contributed by atoms with Gasteiger partial charge in [-0.15, -0.1) is 4.99 Å². The summed E-state index contributed by atoms with van der Waals surface area (Å²) in [6.07, 6.45) is 5.49. The van der Waals surface area contributed by atoms with Gasteiger partial charge in [-0.25, -0.2) is 4.79 Å². The van der Waals surface area contributed by atoms with Crippen molar-refractivity contribution in [2.75, 3.05) is 18.4 Å². The molecule has 0 saturated carbocycles. The first-order valence-electron chi connectivity index (χ1n) is 10.3. The predicted octanol–water partition coefficient (Wildman–Crippen LogP) is 3.58. The number of ether oxygens (including phenoxy) is 1. The highest BCUT2D eigenvalue weighted by Crippen LogP contribution is 2.20. The number of fused-ring (bicyclic) bond motifs is 1. The van der Waals surface area contributed by atoms with Crippen molar-refractivity contribution in [1.29, 1.82) is 0 Å². The first kappa shape index (κ1) is 19.6. The molecule has 3 heterocycles. The van der Waals surface area contributed by atoms with Gasteiger partial charge < -0.3 is 19.5 Å². The van der Waals surface area contributed by atoms with E-state index >= 15 is 0 Å². The van der Waals surface area contributed by atoms with Crippen LogP contribution in [0.15, 0.2) is 96.1 Å². The lowest BCUT2D eigenvalue weighted by Gasteiger charge is -2.19. The number of carbonyl (C=O) groups is 2. The zero-order valence-corrected chi connectivity index (χ0v) is 17.2. The van der Waals surface area contributed by atoms with Crippen LogP contribution in [-0.4, -0.2) is 45.4 Å². The average molecular weight is 427 g/mol. The van der Waals surface area contributed by atoms with Gasteiger partial charge in [0.1, 0.15) is 0 Å². The topological polar surface area (TPSA) is 79.2 Å². The predicted molar refractivity (Wildman–Crippen MR) is 120 cm³/mol. The second-order valence-corrected chi connectivity index (χ2v) is 7.46. The first-order chi connectivity index (χ1) is 15.7. The molecule has 2 aliphatic heterocycles. The molecule has 1 aromatic heterocycles. The van der Waals surface area contributed by atoms with Gasteiger partial charge in [-0.2, -0.15) is 0 Å². The molecule has 0 bridgehead atoms. The van der Waals surface area contributed by atoms with E-state index in [0.717, 1.165) is 11.3 Å². The molecular formula is C24H21N5O3. The number of rotatable bonds is 5. The van der Waals surface area contributed by atoms with Crippen LogP contribution in [-0.2, 0) is 16.1 Å². The summed E-state index contributed by atoms with van der Waals surface area (Å²) in [7, 11) is 0. The van der Waals surface area contributed by atoms with Gasteiger partial charge in [0.05, 0.1) is 6.20 Å². The summed E-state index contributed by atoms with van der Waals surface area (Å²) < 4.78 is 7.58. The first-order valence-corrected chi connectivity index (χ1v) is 10.3. The van der Waals surface area contributed by atoms with Crippen molar-refractivity contribution in [2.24, 2.45) is 4.99 Å². The third-order valence-electron chi connectivity index (χ3n) is 5.26. The minimum absolute atomic E-state index is 0.0996. The third kappa shape index (κ3) is 4.11. The molecular weight excluding hydrogens is 406 g/mol. The standard InChI is InChI=1S/C24H21N5O3/c30-22(25-19-8-10-20(11-9-19)27-12-4-5-13-27)21-17-29-15-14-28(23(31)26-24(29)32-21)16-18-6-2-1-3-7-18/h1-13,17H,14-16H2,(H,25,30). The SMILES string of the molecule is O=C(Nc1ccc(-n2cccc2)cc1)C1=CN2CCN(Cc3ccccc3)C(=O)N=C2O1. The van der Waals surface area contributed by atoms with Crippen LogP contribution >= 0.6 is 0 Å². The number of hydrogen-bond donors (Lipinski definition) is 1. The molecule has 32 heavy (non-hydrogen) atoms. The van der Waals surface area contributed by atoms with E-state index < -0.39 is 5.91 Å². The Morgan fingerprint density at radius 2 is 1.72 bits per heavy atom. The van der Waals surface area contributed by atoms with Gasteiger partial charge in [0.25, 0.3) is 5.91 Å². The summed E-state index contributed by atoms with van der Waals surface area (Å²) in [5, 5.41) is 2.82. The Balaban J connectivity index is 1.22. The third-order valence-corrected chi connectivity index (χ3v) is 5.26. The van der Waals surface area contributed by atoms with Crippen LogP contribution in [0.4, 0.5) is 10.5 Å². The van der Waals surface area contributed by atoms with Crippen LogP contribution in [0.3, 0.4) is 0 Å². The number of aliphatic imine (C=N–C) groups is 1. The van der Waals surface area contributed by atoms with Crippen molar-refractivity contribution < 1.29 is 14.3 Å². The molecule has 0 radical (unpaired) electrons. The Morgan fingerprint density at radius 3 is 2.47 bits per heavy atom. The molecule has 2 aromatic carbocycles. The van der Waals surface area contributed by atoms with Gasteiger partial charge in [0.2, 0.25) is 5.76 Å². The van der Waals surface area contributed by atoms with Crippen molar-refractivity contribution in [3.63, 3.8) is 0 Å². The summed E-state index contributed by atoms with van der Waals surface area (Å²) in [4.78, 5) is 32.6. The maximum absolute atomic E-state index is 12.7. The fraction of sp³-hybridized carbons (Fsp3) is 0.125. The Morgan fingerprint density at radius 1 is 0.969 bits per heavy atom. The molecule has 0 spiro atoms. The number of urea groups is 1. The number of carbonyl (C=O) groups excluding carboxylic acids is 2. The monoisotopic (exact) mass is 427 g/mol. The minimum atomic E-state index is -0.400. The van der Waals surface area contributed by atoms with Crippen LogP contribution in [0, 0.1) is 0 Å². The van der Waals surface area contributed by atoms with E-state index in [-0.39, 0.29) is 17.8 Å². The van der Waals surface area contributed by atoms with Gasteiger partial charge in [-0.05, 0) is 42.0 Å². The molecule has 8 heteroatoms. The summed E-state index contributed by atoms with van der Waals surface area (Å²) in [6, 6.07) is 20.9. The van der Waals surface area contributed by atoms with Gasteiger partial charge in [-0.1, -0.05) is 30.3 Å². The van der Waals surface area contributed by atoms with Gasteiger partial charge in [-0.3, -0.25) is 9.69 Å². The number of aromatic nitrogens is 1. The minimum Gasteiger partial charge on any atom is -0.418 e. The quantitative estimate of drug-likeness (QED) is 0.675. The maximum Gasteiger partial charge on any atom is 0.348 e. The van der Waals surface area contributed by atoms with E-state index in [1.54, 1.807) is 16.0 Å². The summed E-state index contributed by atoms with van der Waals surface area (Å²) in [5.74, 6) is -0.300. The van der Waals surface area contributed by atoms with Crippen molar-refractivity contribution in [3.05, 3.63) is 96.6 Å². The molecule has 3 amide bonds. The van der Waals surface area contributed by atoms with Gasteiger partial charge in [0.15, 0.2) is 0 Å². The van der Waals surface area contributed by atoms with Crippen molar-refractivity contribution in [1.82, 2.24) is 14.4 Å². The zero-order valence-electron chi connectivity index (χ0n) is 17.2. The van der Waals surface area contributed by atoms with E-state index in [1.807, 2.05) is 83.7 Å². The fourth-order valence-electron chi connectivity index (χ4n) is 3.58. The highest BCUT2D eigenvalue weighted by molar-refractivity contribution is 6.06. The van der Waals surface area contributed by atoms with E-state index in [0.29, 0.717) is 25.3 Å². The van der Waals surface area contributed by atoms with E-state index in [1.165, 1.54) is 0 Å². The Kier molecular flexibility index (Phi) is 5.17. The van der Waals surface area contributed by atoms with Crippen LogP contribution in [0.2, 0.25) is 0 Å².